The van der Waals surface area contributed by atoms with Crippen LogP contribution >= 0.6 is 0 Å². The molecule has 1 aromatic carbocycles. The van der Waals surface area contributed by atoms with Gasteiger partial charge in [0.15, 0.2) is 11.6 Å². The first-order valence-corrected chi connectivity index (χ1v) is 7.29. The van der Waals surface area contributed by atoms with Crippen LogP contribution in [0.5, 0.6) is 0 Å². The Morgan fingerprint density at radius 3 is 2.58 bits per heavy atom. The molecule has 3 unspecified atom stereocenters. The Hall–Kier alpha value is -0.960. The first kappa shape index (κ1) is 14.4. The predicted octanol–water partition coefficient (Wildman–Crippen LogP) is 4.58. The molecule has 3 heteroatoms. The number of halogens is 2. The van der Waals surface area contributed by atoms with Crippen molar-refractivity contribution in [2.45, 2.75) is 58.0 Å². The number of benzene rings is 1. The minimum atomic E-state index is -0.779. The van der Waals surface area contributed by atoms with Crippen molar-refractivity contribution in [3.8, 4) is 0 Å². The molecule has 1 saturated carbocycles. The van der Waals surface area contributed by atoms with Crippen LogP contribution in [-0.2, 0) is 0 Å². The fourth-order valence-electron chi connectivity index (χ4n) is 2.94. The van der Waals surface area contributed by atoms with Crippen LogP contribution in [0.4, 0.5) is 8.78 Å². The van der Waals surface area contributed by atoms with E-state index in [1.165, 1.54) is 44.2 Å². The number of hydrogen-bond donors (Lipinski definition) is 1. The fourth-order valence-corrected chi connectivity index (χ4v) is 2.94. The van der Waals surface area contributed by atoms with Gasteiger partial charge in [0.05, 0.1) is 0 Å². The molecule has 3 atom stereocenters. The maximum Gasteiger partial charge on any atom is 0.159 e. The maximum absolute atomic E-state index is 13.3. The van der Waals surface area contributed by atoms with Crippen LogP contribution in [0.3, 0.4) is 0 Å². The molecule has 106 valence electrons. The third-order valence-electron chi connectivity index (χ3n) is 4.27. The van der Waals surface area contributed by atoms with Gasteiger partial charge in [-0.15, -0.1) is 0 Å². The van der Waals surface area contributed by atoms with Crippen LogP contribution in [0, 0.1) is 17.6 Å². The third-order valence-corrected chi connectivity index (χ3v) is 4.27. The first-order chi connectivity index (χ1) is 9.08. The SMILES string of the molecule is CC(NC1CCCCCC1C)c1ccc(F)c(F)c1. The van der Waals surface area contributed by atoms with E-state index in [2.05, 4.69) is 12.2 Å². The highest BCUT2D eigenvalue weighted by molar-refractivity contribution is 5.20. The number of hydrogen-bond acceptors (Lipinski definition) is 1. The molecule has 0 radical (unpaired) electrons. The van der Waals surface area contributed by atoms with E-state index in [9.17, 15) is 8.78 Å². The van der Waals surface area contributed by atoms with Gasteiger partial charge in [-0.2, -0.15) is 0 Å². The Bertz CT molecular complexity index is 419. The maximum atomic E-state index is 13.3. The lowest BCUT2D eigenvalue weighted by atomic mass is 9.95. The van der Waals surface area contributed by atoms with Gasteiger partial charge in [-0.05, 0) is 43.4 Å². The Balaban J connectivity index is 2.02. The molecule has 2 rings (SSSR count). The van der Waals surface area contributed by atoms with E-state index in [-0.39, 0.29) is 6.04 Å². The normalized spacial score (nSPS) is 25.9. The van der Waals surface area contributed by atoms with Crippen molar-refractivity contribution in [3.05, 3.63) is 35.4 Å². The zero-order valence-corrected chi connectivity index (χ0v) is 11.8. The van der Waals surface area contributed by atoms with Crippen molar-refractivity contribution >= 4 is 0 Å². The quantitative estimate of drug-likeness (QED) is 0.790. The van der Waals surface area contributed by atoms with Crippen LogP contribution in [-0.4, -0.2) is 6.04 Å². The molecule has 0 saturated heterocycles. The highest BCUT2D eigenvalue weighted by Crippen LogP contribution is 2.25. The molecule has 1 fully saturated rings. The molecule has 0 aromatic heterocycles. The largest absolute Gasteiger partial charge is 0.307 e. The van der Waals surface area contributed by atoms with Crippen molar-refractivity contribution in [1.82, 2.24) is 5.32 Å². The third kappa shape index (κ3) is 3.75. The highest BCUT2D eigenvalue weighted by Gasteiger charge is 2.22. The summed E-state index contributed by atoms with van der Waals surface area (Å²) >= 11 is 0. The van der Waals surface area contributed by atoms with Gasteiger partial charge in [-0.1, -0.05) is 32.3 Å². The second kappa shape index (κ2) is 6.47. The molecule has 0 amide bonds. The van der Waals surface area contributed by atoms with Gasteiger partial charge >= 0.3 is 0 Å². The minimum Gasteiger partial charge on any atom is -0.307 e. The van der Waals surface area contributed by atoms with Gasteiger partial charge in [0, 0.05) is 12.1 Å². The lowest BCUT2D eigenvalue weighted by molar-refractivity contribution is 0.329. The Kier molecular flexibility index (Phi) is 4.92. The molecule has 1 N–H and O–H groups in total. The standard InChI is InChI=1S/C16H23F2N/c1-11-6-4-3-5-7-16(11)19-12(2)13-8-9-14(17)15(18)10-13/h8-12,16,19H,3-7H2,1-2H3. The fraction of sp³-hybridized carbons (Fsp3) is 0.625. The molecule has 0 spiro atoms. The summed E-state index contributed by atoms with van der Waals surface area (Å²) in [5.74, 6) is -0.894. The smallest absolute Gasteiger partial charge is 0.159 e. The monoisotopic (exact) mass is 267 g/mol. The zero-order valence-electron chi connectivity index (χ0n) is 11.8. The topological polar surface area (TPSA) is 12.0 Å². The van der Waals surface area contributed by atoms with Crippen LogP contribution in [0.15, 0.2) is 18.2 Å². The van der Waals surface area contributed by atoms with Crippen molar-refractivity contribution in [2.24, 2.45) is 5.92 Å². The Morgan fingerprint density at radius 2 is 1.84 bits per heavy atom. The molecular formula is C16H23F2N. The molecule has 1 nitrogen and oxygen atoms in total. The second-order valence-corrected chi connectivity index (χ2v) is 5.78. The molecule has 1 aromatic rings. The van der Waals surface area contributed by atoms with E-state index < -0.39 is 11.6 Å². The highest BCUT2D eigenvalue weighted by atomic mass is 19.2. The Morgan fingerprint density at radius 1 is 1.11 bits per heavy atom. The number of rotatable bonds is 3. The van der Waals surface area contributed by atoms with E-state index in [0.717, 1.165) is 5.56 Å². The van der Waals surface area contributed by atoms with E-state index in [1.807, 2.05) is 6.92 Å². The van der Waals surface area contributed by atoms with E-state index in [0.29, 0.717) is 12.0 Å². The van der Waals surface area contributed by atoms with E-state index >= 15 is 0 Å². The van der Waals surface area contributed by atoms with Crippen molar-refractivity contribution < 1.29 is 8.78 Å². The molecular weight excluding hydrogens is 244 g/mol. The van der Waals surface area contributed by atoms with Crippen LogP contribution in [0.2, 0.25) is 0 Å². The summed E-state index contributed by atoms with van der Waals surface area (Å²) in [6.07, 6.45) is 6.30. The summed E-state index contributed by atoms with van der Waals surface area (Å²) in [4.78, 5) is 0. The summed E-state index contributed by atoms with van der Waals surface area (Å²) in [6, 6.07) is 4.71. The van der Waals surface area contributed by atoms with Gasteiger partial charge in [-0.25, -0.2) is 8.78 Å². The summed E-state index contributed by atoms with van der Waals surface area (Å²) in [6.45, 7) is 4.30. The average molecular weight is 267 g/mol. The zero-order chi connectivity index (χ0) is 13.8. The minimum absolute atomic E-state index is 0.0562. The van der Waals surface area contributed by atoms with Crippen molar-refractivity contribution in [3.63, 3.8) is 0 Å². The van der Waals surface area contributed by atoms with E-state index in [4.69, 9.17) is 0 Å². The molecule has 0 bridgehead atoms. The predicted molar refractivity (Wildman–Crippen MR) is 73.9 cm³/mol. The lowest BCUT2D eigenvalue weighted by Crippen LogP contribution is -2.36. The van der Waals surface area contributed by atoms with Crippen LogP contribution in [0.25, 0.3) is 0 Å². The molecule has 19 heavy (non-hydrogen) atoms. The summed E-state index contributed by atoms with van der Waals surface area (Å²) < 4.78 is 26.2. The van der Waals surface area contributed by atoms with Crippen molar-refractivity contribution in [2.75, 3.05) is 0 Å². The van der Waals surface area contributed by atoms with Crippen LogP contribution < -0.4 is 5.32 Å². The van der Waals surface area contributed by atoms with Crippen LogP contribution in [0.1, 0.15) is 57.6 Å². The summed E-state index contributed by atoms with van der Waals surface area (Å²) in [5.41, 5.74) is 0.815. The molecule has 0 heterocycles. The average Bonchev–Trinajstić information content (AvgIpc) is 2.58. The Labute approximate surface area is 114 Å². The van der Waals surface area contributed by atoms with Gasteiger partial charge in [0.25, 0.3) is 0 Å². The van der Waals surface area contributed by atoms with Gasteiger partial charge < -0.3 is 5.32 Å². The second-order valence-electron chi connectivity index (χ2n) is 5.78. The van der Waals surface area contributed by atoms with Gasteiger partial charge in [-0.3, -0.25) is 0 Å². The molecule has 1 aliphatic rings. The molecule has 1 aliphatic carbocycles. The first-order valence-electron chi connectivity index (χ1n) is 7.29. The molecule has 0 aliphatic heterocycles. The summed E-state index contributed by atoms with van der Waals surface area (Å²) in [7, 11) is 0. The lowest BCUT2D eigenvalue weighted by Gasteiger charge is -2.27. The van der Waals surface area contributed by atoms with E-state index in [1.54, 1.807) is 6.07 Å². The van der Waals surface area contributed by atoms with Gasteiger partial charge in [0.1, 0.15) is 0 Å². The van der Waals surface area contributed by atoms with Gasteiger partial charge in [0.2, 0.25) is 0 Å². The summed E-state index contributed by atoms with van der Waals surface area (Å²) in [5, 5.41) is 3.58. The number of nitrogens with one attached hydrogen (secondary N) is 1. The van der Waals surface area contributed by atoms with Crippen molar-refractivity contribution in [1.29, 1.82) is 0 Å².